The van der Waals surface area contributed by atoms with Crippen molar-refractivity contribution in [1.29, 1.82) is 0 Å². The number of rotatable bonds is 2. The summed E-state index contributed by atoms with van der Waals surface area (Å²) < 4.78 is 5.38. The highest BCUT2D eigenvalue weighted by atomic mass is 16.5. The maximum absolute atomic E-state index is 5.47. The van der Waals surface area contributed by atoms with E-state index in [-0.39, 0.29) is 0 Å². The molecule has 3 N–H and O–H groups in total. The quantitative estimate of drug-likeness (QED) is 0.550. The summed E-state index contributed by atoms with van der Waals surface area (Å²) in [7, 11) is 0. The van der Waals surface area contributed by atoms with E-state index < -0.39 is 0 Å². The Balaban J connectivity index is 2.06. The standard InChI is InChI=1S/C10H14N4O/c11-14-10-7-5-15-4-3-8(7)12-9(13-10)6-1-2-6/h6H,1-5,11H2,(H,12,13,14). The molecule has 5 nitrogen and oxygen atoms in total. The van der Waals surface area contributed by atoms with E-state index in [4.69, 9.17) is 10.6 Å². The molecule has 5 heteroatoms. The first kappa shape index (κ1) is 9.06. The Kier molecular flexibility index (Phi) is 2.07. The van der Waals surface area contributed by atoms with Gasteiger partial charge in [-0.2, -0.15) is 0 Å². The van der Waals surface area contributed by atoms with Crippen LogP contribution >= 0.6 is 0 Å². The van der Waals surface area contributed by atoms with Crippen molar-refractivity contribution in [2.45, 2.75) is 31.8 Å². The molecule has 0 amide bonds. The molecule has 1 aliphatic heterocycles. The van der Waals surface area contributed by atoms with Crippen LogP contribution in [0.3, 0.4) is 0 Å². The number of nitrogen functional groups attached to an aromatic ring is 1. The smallest absolute Gasteiger partial charge is 0.149 e. The number of hydrazine groups is 1. The summed E-state index contributed by atoms with van der Waals surface area (Å²) in [5, 5.41) is 0. The van der Waals surface area contributed by atoms with Crippen molar-refractivity contribution in [1.82, 2.24) is 9.97 Å². The number of aromatic nitrogens is 2. The third kappa shape index (κ3) is 1.57. The topological polar surface area (TPSA) is 73.1 Å². The Morgan fingerprint density at radius 1 is 1.33 bits per heavy atom. The van der Waals surface area contributed by atoms with Crippen LogP contribution < -0.4 is 11.3 Å². The van der Waals surface area contributed by atoms with Crippen LogP contribution in [0.4, 0.5) is 5.82 Å². The number of hydrogen-bond donors (Lipinski definition) is 2. The van der Waals surface area contributed by atoms with Gasteiger partial charge in [-0.25, -0.2) is 15.8 Å². The van der Waals surface area contributed by atoms with E-state index in [2.05, 4.69) is 15.4 Å². The number of ether oxygens (including phenoxy) is 1. The van der Waals surface area contributed by atoms with Crippen LogP contribution in [0.1, 0.15) is 35.8 Å². The van der Waals surface area contributed by atoms with Gasteiger partial charge in [0.05, 0.1) is 18.9 Å². The molecule has 1 aliphatic carbocycles. The van der Waals surface area contributed by atoms with E-state index in [9.17, 15) is 0 Å². The molecule has 15 heavy (non-hydrogen) atoms. The molecular formula is C10H14N4O. The molecule has 0 spiro atoms. The van der Waals surface area contributed by atoms with E-state index in [0.29, 0.717) is 12.5 Å². The highest BCUT2D eigenvalue weighted by Crippen LogP contribution is 2.39. The van der Waals surface area contributed by atoms with E-state index >= 15 is 0 Å². The number of nitrogens with zero attached hydrogens (tertiary/aromatic N) is 2. The fraction of sp³-hybridized carbons (Fsp3) is 0.600. The van der Waals surface area contributed by atoms with Crippen LogP contribution in [-0.2, 0) is 17.8 Å². The normalized spacial score (nSPS) is 19.8. The van der Waals surface area contributed by atoms with Crippen LogP contribution in [0.2, 0.25) is 0 Å². The van der Waals surface area contributed by atoms with E-state index in [1.165, 1.54) is 12.8 Å². The van der Waals surface area contributed by atoms with E-state index in [1.807, 2.05) is 0 Å². The highest BCUT2D eigenvalue weighted by Gasteiger charge is 2.29. The Morgan fingerprint density at radius 2 is 2.20 bits per heavy atom. The van der Waals surface area contributed by atoms with E-state index in [0.717, 1.165) is 35.9 Å². The number of nitrogens with two attached hydrogens (primary N) is 1. The van der Waals surface area contributed by atoms with Gasteiger partial charge in [0, 0.05) is 17.9 Å². The van der Waals surface area contributed by atoms with Crippen molar-refractivity contribution < 1.29 is 4.74 Å². The first-order valence-electron chi connectivity index (χ1n) is 5.32. The summed E-state index contributed by atoms with van der Waals surface area (Å²) in [4.78, 5) is 9.04. The first-order valence-corrected chi connectivity index (χ1v) is 5.32. The maximum Gasteiger partial charge on any atom is 0.149 e. The Labute approximate surface area is 88.0 Å². The van der Waals surface area contributed by atoms with Gasteiger partial charge in [-0.3, -0.25) is 0 Å². The van der Waals surface area contributed by atoms with Gasteiger partial charge in [0.25, 0.3) is 0 Å². The highest BCUT2D eigenvalue weighted by molar-refractivity contribution is 5.46. The Bertz CT molecular complexity index is 372. The van der Waals surface area contributed by atoms with Gasteiger partial charge in [-0.1, -0.05) is 0 Å². The van der Waals surface area contributed by atoms with Crippen LogP contribution in [-0.4, -0.2) is 16.6 Å². The number of anilines is 1. The van der Waals surface area contributed by atoms with Crippen molar-refractivity contribution in [2.24, 2.45) is 5.84 Å². The fourth-order valence-electron chi connectivity index (χ4n) is 1.89. The number of fused-ring (bicyclic) bond motifs is 1. The molecule has 0 radical (unpaired) electrons. The molecule has 0 unspecified atom stereocenters. The van der Waals surface area contributed by atoms with Crippen LogP contribution in [0, 0.1) is 0 Å². The molecule has 1 saturated carbocycles. The van der Waals surface area contributed by atoms with Crippen molar-refractivity contribution in [3.63, 3.8) is 0 Å². The second-order valence-electron chi connectivity index (χ2n) is 4.08. The minimum absolute atomic E-state index is 0.560. The minimum atomic E-state index is 0.560. The minimum Gasteiger partial charge on any atom is -0.376 e. The predicted molar refractivity (Wildman–Crippen MR) is 55.2 cm³/mol. The predicted octanol–water partition coefficient (Wildman–Crippen LogP) is 0.712. The molecular weight excluding hydrogens is 192 g/mol. The second kappa shape index (κ2) is 3.43. The summed E-state index contributed by atoms with van der Waals surface area (Å²) in [5.41, 5.74) is 4.77. The maximum atomic E-state index is 5.47. The molecule has 80 valence electrons. The van der Waals surface area contributed by atoms with Gasteiger partial charge in [-0.15, -0.1) is 0 Å². The summed E-state index contributed by atoms with van der Waals surface area (Å²) in [6.45, 7) is 1.32. The van der Waals surface area contributed by atoms with Gasteiger partial charge < -0.3 is 10.2 Å². The molecule has 0 bridgehead atoms. The second-order valence-corrected chi connectivity index (χ2v) is 4.08. The summed E-state index contributed by atoms with van der Waals surface area (Å²) in [6.07, 6.45) is 3.28. The zero-order valence-corrected chi connectivity index (χ0v) is 8.49. The SMILES string of the molecule is NNc1nc(C2CC2)nc2c1COCC2. The van der Waals surface area contributed by atoms with Crippen molar-refractivity contribution in [2.75, 3.05) is 12.0 Å². The largest absolute Gasteiger partial charge is 0.376 e. The first-order chi connectivity index (χ1) is 7.38. The Morgan fingerprint density at radius 3 is 2.93 bits per heavy atom. The molecule has 0 aromatic carbocycles. The zero-order chi connectivity index (χ0) is 10.3. The van der Waals surface area contributed by atoms with Crippen LogP contribution in [0.15, 0.2) is 0 Å². The van der Waals surface area contributed by atoms with Gasteiger partial charge in [0.15, 0.2) is 0 Å². The lowest BCUT2D eigenvalue weighted by atomic mass is 10.1. The number of nitrogens with one attached hydrogen (secondary N) is 1. The molecule has 1 aromatic rings. The third-order valence-corrected chi connectivity index (χ3v) is 2.92. The van der Waals surface area contributed by atoms with Gasteiger partial charge >= 0.3 is 0 Å². The molecule has 1 aromatic heterocycles. The number of hydrogen-bond acceptors (Lipinski definition) is 5. The summed E-state index contributed by atoms with van der Waals surface area (Å²) >= 11 is 0. The average molecular weight is 206 g/mol. The van der Waals surface area contributed by atoms with Crippen LogP contribution in [0.5, 0.6) is 0 Å². The van der Waals surface area contributed by atoms with Gasteiger partial charge in [-0.05, 0) is 12.8 Å². The van der Waals surface area contributed by atoms with Gasteiger partial charge in [0.2, 0.25) is 0 Å². The molecule has 2 aliphatic rings. The third-order valence-electron chi connectivity index (χ3n) is 2.92. The molecule has 2 heterocycles. The lowest BCUT2D eigenvalue weighted by Gasteiger charge is -2.18. The monoisotopic (exact) mass is 206 g/mol. The van der Waals surface area contributed by atoms with E-state index in [1.54, 1.807) is 0 Å². The summed E-state index contributed by atoms with van der Waals surface area (Å²) in [5.74, 6) is 7.71. The zero-order valence-electron chi connectivity index (χ0n) is 8.49. The molecule has 3 rings (SSSR count). The van der Waals surface area contributed by atoms with Gasteiger partial charge in [0.1, 0.15) is 11.6 Å². The lowest BCUT2D eigenvalue weighted by molar-refractivity contribution is 0.109. The summed E-state index contributed by atoms with van der Waals surface area (Å²) in [6, 6.07) is 0. The fourth-order valence-corrected chi connectivity index (χ4v) is 1.89. The molecule has 1 fully saturated rings. The van der Waals surface area contributed by atoms with Crippen molar-refractivity contribution >= 4 is 5.82 Å². The molecule has 0 atom stereocenters. The lowest BCUT2D eigenvalue weighted by Crippen LogP contribution is -2.20. The Hall–Kier alpha value is -1.20. The van der Waals surface area contributed by atoms with Crippen molar-refractivity contribution in [3.05, 3.63) is 17.1 Å². The van der Waals surface area contributed by atoms with Crippen LogP contribution in [0.25, 0.3) is 0 Å². The average Bonchev–Trinajstić information content (AvgIpc) is 3.11. The molecule has 0 saturated heterocycles. The van der Waals surface area contributed by atoms with Crippen molar-refractivity contribution in [3.8, 4) is 0 Å².